The van der Waals surface area contributed by atoms with Crippen LogP contribution in [0.15, 0.2) is 0 Å². The first-order valence-corrected chi connectivity index (χ1v) is 6.06. The average Bonchev–Trinajstić information content (AvgIpc) is 2.27. The molecule has 1 N–H and O–H groups in total. The summed E-state index contributed by atoms with van der Waals surface area (Å²) in [6.45, 7) is 0.520. The lowest BCUT2D eigenvalue weighted by molar-refractivity contribution is -0.145. The van der Waals surface area contributed by atoms with Crippen LogP contribution in [0.2, 0.25) is 0 Å². The summed E-state index contributed by atoms with van der Waals surface area (Å²) < 4.78 is 5.13. The van der Waals surface area contributed by atoms with E-state index in [2.05, 4.69) is 0 Å². The molecule has 0 unspecified atom stereocenters. The van der Waals surface area contributed by atoms with Crippen LogP contribution in [0.3, 0.4) is 0 Å². The molecule has 0 aliphatic heterocycles. The topological polar surface area (TPSA) is 63.6 Å². The van der Waals surface area contributed by atoms with Crippen LogP contribution in [-0.2, 0) is 14.3 Å². The highest BCUT2D eigenvalue weighted by molar-refractivity contribution is 5.71. The lowest BCUT2D eigenvalue weighted by Crippen LogP contribution is -2.16. The van der Waals surface area contributed by atoms with Crippen LogP contribution in [0.25, 0.3) is 0 Å². The standard InChI is InChI=1S/C12H20O4/c13-11(14)7-4-8-12(15)16-9-10-5-2-1-3-6-10/h10H,1-9H2,(H,13,14). The van der Waals surface area contributed by atoms with Crippen molar-refractivity contribution in [1.29, 1.82) is 0 Å². The van der Waals surface area contributed by atoms with E-state index in [9.17, 15) is 9.59 Å². The molecule has 4 heteroatoms. The zero-order valence-electron chi connectivity index (χ0n) is 9.61. The van der Waals surface area contributed by atoms with Gasteiger partial charge in [-0.25, -0.2) is 0 Å². The van der Waals surface area contributed by atoms with Crippen LogP contribution in [0.1, 0.15) is 51.4 Å². The van der Waals surface area contributed by atoms with E-state index in [1.807, 2.05) is 0 Å². The van der Waals surface area contributed by atoms with Gasteiger partial charge in [-0.3, -0.25) is 9.59 Å². The van der Waals surface area contributed by atoms with Gasteiger partial charge in [0.05, 0.1) is 6.61 Å². The van der Waals surface area contributed by atoms with E-state index in [1.54, 1.807) is 0 Å². The maximum Gasteiger partial charge on any atom is 0.305 e. The van der Waals surface area contributed by atoms with Gasteiger partial charge in [-0.2, -0.15) is 0 Å². The molecule has 0 radical (unpaired) electrons. The van der Waals surface area contributed by atoms with Crippen LogP contribution in [0, 0.1) is 5.92 Å². The Kier molecular flexibility index (Phi) is 5.90. The third kappa shape index (κ3) is 5.73. The van der Waals surface area contributed by atoms with Gasteiger partial charge in [-0.05, 0) is 25.2 Å². The lowest BCUT2D eigenvalue weighted by atomic mass is 9.90. The van der Waals surface area contributed by atoms with Gasteiger partial charge in [0.1, 0.15) is 0 Å². The summed E-state index contributed by atoms with van der Waals surface area (Å²) in [7, 11) is 0. The van der Waals surface area contributed by atoms with Gasteiger partial charge >= 0.3 is 11.9 Å². The SMILES string of the molecule is O=C(O)CCCC(=O)OCC1CCCCC1. The first kappa shape index (κ1) is 13.0. The molecule has 1 aliphatic carbocycles. The summed E-state index contributed by atoms with van der Waals surface area (Å²) in [5.74, 6) is -0.593. The number of esters is 1. The van der Waals surface area contributed by atoms with E-state index in [0.29, 0.717) is 18.9 Å². The van der Waals surface area contributed by atoms with E-state index in [0.717, 1.165) is 12.8 Å². The van der Waals surface area contributed by atoms with E-state index in [4.69, 9.17) is 9.84 Å². The average molecular weight is 228 g/mol. The first-order chi connectivity index (χ1) is 7.68. The van der Waals surface area contributed by atoms with E-state index >= 15 is 0 Å². The van der Waals surface area contributed by atoms with Crippen LogP contribution < -0.4 is 0 Å². The molecule has 0 aromatic carbocycles. The molecule has 0 aromatic rings. The van der Waals surface area contributed by atoms with Crippen molar-refractivity contribution in [3.63, 3.8) is 0 Å². The Morgan fingerprint density at radius 3 is 2.44 bits per heavy atom. The summed E-state index contributed by atoms with van der Waals surface area (Å²) in [4.78, 5) is 21.5. The Balaban J connectivity index is 2.02. The molecule has 0 saturated heterocycles. The Morgan fingerprint density at radius 2 is 1.81 bits per heavy atom. The summed E-state index contributed by atoms with van der Waals surface area (Å²) in [5.41, 5.74) is 0. The minimum absolute atomic E-state index is 0.0402. The molecule has 0 bridgehead atoms. The fourth-order valence-corrected chi connectivity index (χ4v) is 2.02. The number of carboxylic acids is 1. The zero-order chi connectivity index (χ0) is 11.8. The molecule has 1 rings (SSSR count). The van der Waals surface area contributed by atoms with Crippen LogP contribution in [0.4, 0.5) is 0 Å². The number of hydrogen-bond donors (Lipinski definition) is 1. The molecule has 1 aliphatic rings. The number of ether oxygens (including phenoxy) is 1. The molecule has 1 fully saturated rings. The molecule has 92 valence electrons. The Bertz CT molecular complexity index is 231. The summed E-state index contributed by atoms with van der Waals surface area (Å²) >= 11 is 0. The Labute approximate surface area is 96.0 Å². The molecule has 0 amide bonds. The zero-order valence-corrected chi connectivity index (χ0v) is 9.61. The largest absolute Gasteiger partial charge is 0.481 e. The second kappa shape index (κ2) is 7.25. The van der Waals surface area contributed by atoms with Crippen molar-refractivity contribution in [1.82, 2.24) is 0 Å². The number of carboxylic acid groups (broad SMARTS) is 1. The molecule has 0 atom stereocenters. The van der Waals surface area contributed by atoms with Crippen molar-refractivity contribution < 1.29 is 19.4 Å². The van der Waals surface area contributed by atoms with Gasteiger partial charge in [0.15, 0.2) is 0 Å². The van der Waals surface area contributed by atoms with Gasteiger partial charge in [-0.1, -0.05) is 19.3 Å². The second-order valence-corrected chi connectivity index (χ2v) is 4.43. The third-order valence-electron chi connectivity index (χ3n) is 2.98. The molecular weight excluding hydrogens is 208 g/mol. The van der Waals surface area contributed by atoms with Gasteiger partial charge < -0.3 is 9.84 Å². The molecule has 0 aromatic heterocycles. The smallest absolute Gasteiger partial charge is 0.305 e. The molecule has 4 nitrogen and oxygen atoms in total. The quantitative estimate of drug-likeness (QED) is 0.709. The first-order valence-electron chi connectivity index (χ1n) is 6.06. The number of hydrogen-bond acceptors (Lipinski definition) is 3. The highest BCUT2D eigenvalue weighted by atomic mass is 16.5. The van der Waals surface area contributed by atoms with Crippen molar-refractivity contribution in [2.24, 2.45) is 5.92 Å². The number of rotatable bonds is 6. The number of carbonyl (C=O) groups is 2. The van der Waals surface area contributed by atoms with E-state index < -0.39 is 5.97 Å². The summed E-state index contributed by atoms with van der Waals surface area (Å²) in [6.07, 6.45) is 6.71. The van der Waals surface area contributed by atoms with Crippen molar-refractivity contribution in [3.8, 4) is 0 Å². The predicted octanol–water partition coefficient (Wildman–Crippen LogP) is 2.36. The van der Waals surface area contributed by atoms with E-state index in [-0.39, 0.29) is 18.8 Å². The minimum atomic E-state index is -0.861. The normalized spacial score (nSPS) is 17.0. The molecular formula is C12H20O4. The summed E-state index contributed by atoms with van der Waals surface area (Å²) in [6, 6.07) is 0. The van der Waals surface area contributed by atoms with Crippen molar-refractivity contribution in [2.75, 3.05) is 6.61 Å². The monoisotopic (exact) mass is 228 g/mol. The van der Waals surface area contributed by atoms with Crippen molar-refractivity contribution in [2.45, 2.75) is 51.4 Å². The van der Waals surface area contributed by atoms with E-state index in [1.165, 1.54) is 19.3 Å². The lowest BCUT2D eigenvalue weighted by Gasteiger charge is -2.20. The Morgan fingerprint density at radius 1 is 1.12 bits per heavy atom. The fourth-order valence-electron chi connectivity index (χ4n) is 2.02. The molecule has 0 heterocycles. The number of carbonyl (C=O) groups excluding carboxylic acids is 1. The molecule has 1 saturated carbocycles. The highest BCUT2D eigenvalue weighted by Gasteiger charge is 2.15. The summed E-state index contributed by atoms with van der Waals surface area (Å²) in [5, 5.41) is 8.41. The van der Waals surface area contributed by atoms with Gasteiger partial charge in [0, 0.05) is 12.8 Å². The third-order valence-corrected chi connectivity index (χ3v) is 2.98. The van der Waals surface area contributed by atoms with Crippen LogP contribution >= 0.6 is 0 Å². The van der Waals surface area contributed by atoms with Gasteiger partial charge in [0.2, 0.25) is 0 Å². The molecule has 16 heavy (non-hydrogen) atoms. The van der Waals surface area contributed by atoms with Crippen LogP contribution in [0.5, 0.6) is 0 Å². The maximum absolute atomic E-state index is 11.3. The molecule has 0 spiro atoms. The highest BCUT2D eigenvalue weighted by Crippen LogP contribution is 2.23. The number of aliphatic carboxylic acids is 1. The van der Waals surface area contributed by atoms with Crippen molar-refractivity contribution in [3.05, 3.63) is 0 Å². The fraction of sp³-hybridized carbons (Fsp3) is 0.833. The van der Waals surface area contributed by atoms with Crippen molar-refractivity contribution >= 4 is 11.9 Å². The van der Waals surface area contributed by atoms with Gasteiger partial charge in [0.25, 0.3) is 0 Å². The Hall–Kier alpha value is -1.06. The second-order valence-electron chi connectivity index (χ2n) is 4.43. The van der Waals surface area contributed by atoms with Crippen LogP contribution in [-0.4, -0.2) is 23.7 Å². The predicted molar refractivity (Wildman–Crippen MR) is 59.0 cm³/mol. The maximum atomic E-state index is 11.3. The van der Waals surface area contributed by atoms with Gasteiger partial charge in [-0.15, -0.1) is 0 Å². The minimum Gasteiger partial charge on any atom is -0.481 e.